The molecule has 182 valence electrons. The quantitative estimate of drug-likeness (QED) is 0.247. The molecule has 0 saturated carbocycles. The van der Waals surface area contributed by atoms with E-state index in [1.54, 1.807) is 11.3 Å². The van der Waals surface area contributed by atoms with E-state index in [9.17, 15) is 4.79 Å². The molecule has 0 fully saturated rings. The Kier molecular flexibility index (Phi) is 6.29. The van der Waals surface area contributed by atoms with Gasteiger partial charge in [-0.2, -0.15) is 0 Å². The summed E-state index contributed by atoms with van der Waals surface area (Å²) in [4.78, 5) is 19.0. The van der Waals surface area contributed by atoms with Crippen LogP contribution in [0.3, 0.4) is 0 Å². The van der Waals surface area contributed by atoms with E-state index in [4.69, 9.17) is 4.98 Å². The summed E-state index contributed by atoms with van der Waals surface area (Å²) >= 11 is 1.79. The minimum Gasteiger partial charge on any atom is -0.352 e. The first-order valence-electron chi connectivity index (χ1n) is 12.5. The van der Waals surface area contributed by atoms with Crippen LogP contribution in [0.4, 0.5) is 0 Å². The number of pyridine rings is 1. The summed E-state index contributed by atoms with van der Waals surface area (Å²) in [6.45, 7) is 2.62. The van der Waals surface area contributed by atoms with E-state index in [2.05, 4.69) is 89.6 Å². The van der Waals surface area contributed by atoms with E-state index in [0.29, 0.717) is 19.4 Å². The number of carbonyl (C=O) groups is 1. The number of carbonyl (C=O) groups excluding carboxylic acids is 1. The van der Waals surface area contributed by atoms with Crippen LogP contribution in [0, 0.1) is 6.92 Å². The van der Waals surface area contributed by atoms with Crippen molar-refractivity contribution in [1.29, 1.82) is 0 Å². The number of nitrogens with zero attached hydrogens (tertiary/aromatic N) is 2. The maximum absolute atomic E-state index is 12.8. The van der Waals surface area contributed by atoms with Crippen LogP contribution in [-0.2, 0) is 17.8 Å². The fourth-order valence-corrected chi connectivity index (χ4v) is 5.71. The van der Waals surface area contributed by atoms with E-state index >= 15 is 0 Å². The van der Waals surface area contributed by atoms with E-state index < -0.39 is 0 Å². The summed E-state index contributed by atoms with van der Waals surface area (Å²) in [6, 6.07) is 33.4. The number of amides is 1. The van der Waals surface area contributed by atoms with Gasteiger partial charge in [-0.25, -0.2) is 4.98 Å². The normalized spacial score (nSPS) is 11.3. The monoisotopic (exact) mass is 501 g/mol. The third kappa shape index (κ3) is 4.91. The number of thiophene rings is 1. The van der Waals surface area contributed by atoms with Crippen molar-refractivity contribution in [1.82, 2.24) is 14.7 Å². The molecule has 0 aliphatic heterocycles. The lowest BCUT2D eigenvalue weighted by Gasteiger charge is -2.08. The molecule has 0 aliphatic rings. The van der Waals surface area contributed by atoms with Gasteiger partial charge in [0, 0.05) is 39.9 Å². The minimum absolute atomic E-state index is 0.0364. The first kappa shape index (κ1) is 23.2. The number of imidazole rings is 1. The second-order valence-electron chi connectivity index (χ2n) is 9.33. The molecular weight excluding hydrogens is 474 g/mol. The molecule has 0 unspecified atom stereocenters. The van der Waals surface area contributed by atoms with Gasteiger partial charge in [-0.1, -0.05) is 78.4 Å². The molecule has 0 saturated heterocycles. The van der Waals surface area contributed by atoms with Crippen LogP contribution < -0.4 is 5.32 Å². The lowest BCUT2D eigenvalue weighted by Crippen LogP contribution is -2.23. The van der Waals surface area contributed by atoms with E-state index in [1.807, 2.05) is 30.3 Å². The van der Waals surface area contributed by atoms with Crippen LogP contribution in [0.25, 0.3) is 37.4 Å². The zero-order valence-corrected chi connectivity index (χ0v) is 21.5. The first-order chi connectivity index (χ1) is 18.1. The predicted octanol–water partition coefficient (Wildman–Crippen LogP) is 7.44. The average Bonchev–Trinajstić information content (AvgIpc) is 3.53. The number of fused-ring (bicyclic) bond motifs is 2. The molecule has 0 aliphatic carbocycles. The predicted molar refractivity (Wildman–Crippen MR) is 153 cm³/mol. The fourth-order valence-electron chi connectivity index (χ4n) is 4.66. The van der Waals surface area contributed by atoms with Crippen molar-refractivity contribution in [2.45, 2.75) is 26.3 Å². The molecule has 6 aromatic rings. The largest absolute Gasteiger partial charge is 0.352 e. The van der Waals surface area contributed by atoms with Crippen molar-refractivity contribution in [3.63, 3.8) is 0 Å². The highest BCUT2D eigenvalue weighted by molar-refractivity contribution is 7.22. The average molecular weight is 502 g/mol. The molecule has 1 N–H and O–H groups in total. The third-order valence-corrected chi connectivity index (χ3v) is 7.84. The van der Waals surface area contributed by atoms with Crippen molar-refractivity contribution in [2.24, 2.45) is 0 Å². The van der Waals surface area contributed by atoms with Crippen LogP contribution in [0.15, 0.2) is 103 Å². The molecule has 3 heterocycles. The van der Waals surface area contributed by atoms with Crippen molar-refractivity contribution < 1.29 is 4.79 Å². The van der Waals surface area contributed by atoms with Gasteiger partial charge in [0.25, 0.3) is 0 Å². The van der Waals surface area contributed by atoms with E-state index in [0.717, 1.165) is 33.7 Å². The van der Waals surface area contributed by atoms with Crippen molar-refractivity contribution in [3.05, 3.63) is 120 Å². The summed E-state index contributed by atoms with van der Waals surface area (Å²) in [5.41, 5.74) is 7.40. The molecule has 0 spiro atoms. The van der Waals surface area contributed by atoms with Crippen LogP contribution >= 0.6 is 11.3 Å². The molecule has 0 radical (unpaired) electrons. The standard InChI is InChI=1S/C32H27N3OS/c1-22-11-13-24(14-12-22)32-27(16-18-31(36)33-20-23-7-3-2-4-8-23)35-21-26(15-17-30(35)34-32)29-19-25-9-5-6-10-28(25)37-29/h2-15,17,19,21H,16,18,20H2,1H3,(H,33,36). The number of hydrogen-bond acceptors (Lipinski definition) is 3. The van der Waals surface area contributed by atoms with Gasteiger partial charge in [0.05, 0.1) is 11.4 Å². The van der Waals surface area contributed by atoms with E-state index in [1.165, 1.54) is 20.5 Å². The highest BCUT2D eigenvalue weighted by Crippen LogP contribution is 2.34. The second kappa shape index (κ2) is 10.0. The Bertz CT molecular complexity index is 1660. The minimum atomic E-state index is 0.0364. The van der Waals surface area contributed by atoms with Crippen molar-refractivity contribution >= 4 is 33.0 Å². The topological polar surface area (TPSA) is 46.4 Å². The van der Waals surface area contributed by atoms with Gasteiger partial charge in [0.1, 0.15) is 5.65 Å². The van der Waals surface area contributed by atoms with Crippen LogP contribution in [-0.4, -0.2) is 15.3 Å². The first-order valence-corrected chi connectivity index (χ1v) is 13.3. The highest BCUT2D eigenvalue weighted by atomic mass is 32.1. The third-order valence-electron chi connectivity index (χ3n) is 6.67. The Morgan fingerprint density at radius 3 is 2.46 bits per heavy atom. The number of aromatic nitrogens is 2. The van der Waals surface area contributed by atoms with Gasteiger partial charge in [-0.05, 0) is 48.6 Å². The summed E-state index contributed by atoms with van der Waals surface area (Å²) < 4.78 is 3.44. The molecule has 3 aromatic carbocycles. The molecular formula is C32H27N3OS. The van der Waals surface area contributed by atoms with Crippen molar-refractivity contribution in [2.75, 3.05) is 0 Å². The SMILES string of the molecule is Cc1ccc(-c2nc3ccc(-c4cc5ccccc5s4)cn3c2CCC(=O)NCc2ccccc2)cc1. The summed E-state index contributed by atoms with van der Waals surface area (Å²) in [7, 11) is 0. The summed E-state index contributed by atoms with van der Waals surface area (Å²) in [6.07, 6.45) is 3.16. The number of rotatable bonds is 7. The fraction of sp³-hybridized carbons (Fsp3) is 0.125. The maximum atomic E-state index is 12.8. The smallest absolute Gasteiger partial charge is 0.220 e. The van der Waals surface area contributed by atoms with E-state index in [-0.39, 0.29) is 5.91 Å². The highest BCUT2D eigenvalue weighted by Gasteiger charge is 2.17. The Balaban J connectivity index is 1.34. The number of nitrogens with one attached hydrogen (secondary N) is 1. The molecule has 6 rings (SSSR count). The zero-order valence-electron chi connectivity index (χ0n) is 20.6. The second-order valence-corrected chi connectivity index (χ2v) is 10.4. The number of aryl methyl sites for hydroxylation is 2. The van der Waals surface area contributed by atoms with Gasteiger partial charge in [-0.15, -0.1) is 11.3 Å². The summed E-state index contributed by atoms with van der Waals surface area (Å²) in [5.74, 6) is 0.0364. The Hall–Kier alpha value is -4.22. The number of hydrogen-bond donors (Lipinski definition) is 1. The van der Waals surface area contributed by atoms with Crippen LogP contribution in [0.1, 0.15) is 23.2 Å². The van der Waals surface area contributed by atoms with Gasteiger partial charge in [0.15, 0.2) is 0 Å². The maximum Gasteiger partial charge on any atom is 0.220 e. The lowest BCUT2D eigenvalue weighted by molar-refractivity contribution is -0.121. The number of benzene rings is 3. The van der Waals surface area contributed by atoms with Gasteiger partial charge in [-0.3, -0.25) is 4.79 Å². The Morgan fingerprint density at radius 1 is 0.892 bits per heavy atom. The molecule has 0 bridgehead atoms. The zero-order chi connectivity index (χ0) is 25.2. The Morgan fingerprint density at radius 2 is 1.65 bits per heavy atom. The molecule has 0 atom stereocenters. The van der Waals surface area contributed by atoms with Gasteiger partial charge < -0.3 is 9.72 Å². The van der Waals surface area contributed by atoms with Gasteiger partial charge >= 0.3 is 0 Å². The molecule has 1 amide bonds. The molecule has 5 heteroatoms. The van der Waals surface area contributed by atoms with Gasteiger partial charge in [0.2, 0.25) is 5.91 Å². The lowest BCUT2D eigenvalue weighted by atomic mass is 10.1. The van der Waals surface area contributed by atoms with Crippen molar-refractivity contribution in [3.8, 4) is 21.7 Å². The summed E-state index contributed by atoms with van der Waals surface area (Å²) in [5, 5.41) is 4.31. The van der Waals surface area contributed by atoms with Crippen LogP contribution in [0.2, 0.25) is 0 Å². The van der Waals surface area contributed by atoms with Crippen LogP contribution in [0.5, 0.6) is 0 Å². The molecule has 3 aromatic heterocycles. The molecule has 37 heavy (non-hydrogen) atoms. The Labute approximate surface area is 220 Å². The molecule has 4 nitrogen and oxygen atoms in total.